The minimum atomic E-state index is -1.16. The number of benzene rings is 3. The maximum Gasteiger partial charge on any atom is 0.0892 e. The largest absolute Gasteiger partial charge is 0.392 e. The minimum Gasteiger partial charge on any atom is -0.392 e. The van der Waals surface area contributed by atoms with E-state index in [-0.39, 0.29) is 6.61 Å². The molecule has 1 unspecified atom stereocenters. The van der Waals surface area contributed by atoms with E-state index < -0.39 is 10.8 Å². The van der Waals surface area contributed by atoms with Crippen molar-refractivity contribution in [2.24, 2.45) is 0 Å². The van der Waals surface area contributed by atoms with Gasteiger partial charge in [-0.2, -0.15) is 0 Å². The molecular weight excluding hydrogens is 380 g/mol. The molecule has 0 radical (unpaired) electrons. The van der Waals surface area contributed by atoms with Crippen LogP contribution >= 0.6 is 0 Å². The van der Waals surface area contributed by atoms with Crippen LogP contribution in [0.4, 0.5) is 11.4 Å². The van der Waals surface area contributed by atoms with E-state index in [2.05, 4.69) is 36.2 Å². The standard InChI is InChI=1S/C24H26N2O2S/c1-17-11-12-23-24(18(17)2)26(21-9-5-6-10-22(21)29(23)28)14-13-25-15-19-7-3-4-8-20(19)16-27/h3-12,25,27H,13-16H2,1-2H3. The van der Waals surface area contributed by atoms with E-state index in [4.69, 9.17) is 0 Å². The first-order chi connectivity index (χ1) is 14.1. The molecule has 1 atom stereocenters. The predicted octanol–water partition coefficient (Wildman–Crippen LogP) is 4.20. The van der Waals surface area contributed by atoms with E-state index in [0.29, 0.717) is 6.54 Å². The second kappa shape index (κ2) is 8.49. The molecule has 0 aliphatic carbocycles. The highest BCUT2D eigenvalue weighted by Gasteiger charge is 2.29. The van der Waals surface area contributed by atoms with Crippen molar-refractivity contribution in [3.63, 3.8) is 0 Å². The number of aryl methyl sites for hydroxylation is 1. The van der Waals surface area contributed by atoms with E-state index in [1.54, 1.807) is 0 Å². The first-order valence-corrected chi connectivity index (χ1v) is 11.0. The van der Waals surface area contributed by atoms with Crippen molar-refractivity contribution in [1.82, 2.24) is 5.32 Å². The number of fused-ring (bicyclic) bond motifs is 2. The van der Waals surface area contributed by atoms with Crippen LogP contribution in [0.5, 0.6) is 0 Å². The van der Waals surface area contributed by atoms with E-state index >= 15 is 0 Å². The van der Waals surface area contributed by atoms with Gasteiger partial charge in [0.25, 0.3) is 0 Å². The van der Waals surface area contributed by atoms with Crippen molar-refractivity contribution in [3.8, 4) is 0 Å². The second-order valence-electron chi connectivity index (χ2n) is 7.35. The number of anilines is 2. The van der Waals surface area contributed by atoms with Gasteiger partial charge in [-0.15, -0.1) is 0 Å². The Labute approximate surface area is 174 Å². The first kappa shape index (κ1) is 19.8. The molecule has 3 aromatic carbocycles. The number of para-hydroxylation sites is 1. The number of hydrogen-bond donors (Lipinski definition) is 2. The van der Waals surface area contributed by atoms with Gasteiger partial charge in [-0.05, 0) is 54.3 Å². The number of rotatable bonds is 6. The highest BCUT2D eigenvalue weighted by atomic mass is 32.2. The zero-order valence-electron chi connectivity index (χ0n) is 16.8. The third-order valence-electron chi connectivity index (χ3n) is 5.61. The summed E-state index contributed by atoms with van der Waals surface area (Å²) in [5, 5.41) is 13.0. The average Bonchev–Trinajstić information content (AvgIpc) is 2.75. The zero-order chi connectivity index (χ0) is 20.4. The molecule has 0 bridgehead atoms. The van der Waals surface area contributed by atoms with Gasteiger partial charge in [-0.3, -0.25) is 0 Å². The molecular formula is C24H26N2O2S. The summed E-state index contributed by atoms with van der Waals surface area (Å²) >= 11 is 0. The average molecular weight is 407 g/mol. The molecule has 0 aromatic heterocycles. The van der Waals surface area contributed by atoms with Crippen LogP contribution in [0, 0.1) is 13.8 Å². The van der Waals surface area contributed by atoms with Gasteiger partial charge in [0.05, 0.1) is 38.6 Å². The Balaban J connectivity index is 1.58. The van der Waals surface area contributed by atoms with E-state index in [1.807, 2.05) is 48.5 Å². The van der Waals surface area contributed by atoms with Gasteiger partial charge in [0.1, 0.15) is 0 Å². The third kappa shape index (κ3) is 3.73. The first-order valence-electron chi connectivity index (χ1n) is 9.88. The fourth-order valence-corrected chi connectivity index (χ4v) is 5.31. The molecule has 1 heterocycles. The lowest BCUT2D eigenvalue weighted by Gasteiger charge is -2.34. The Morgan fingerprint density at radius 2 is 1.66 bits per heavy atom. The molecule has 0 saturated heterocycles. The molecule has 0 fully saturated rings. The predicted molar refractivity (Wildman–Crippen MR) is 118 cm³/mol. The Kier molecular flexibility index (Phi) is 5.81. The van der Waals surface area contributed by atoms with Crippen molar-refractivity contribution in [2.45, 2.75) is 36.8 Å². The van der Waals surface area contributed by atoms with Gasteiger partial charge < -0.3 is 15.3 Å². The Morgan fingerprint density at radius 1 is 0.931 bits per heavy atom. The van der Waals surface area contributed by atoms with E-state index in [0.717, 1.165) is 45.4 Å². The molecule has 5 heteroatoms. The normalized spacial score (nSPS) is 15.1. The number of nitrogens with one attached hydrogen (secondary N) is 1. The highest BCUT2D eigenvalue weighted by molar-refractivity contribution is 7.85. The molecule has 0 saturated carbocycles. The van der Waals surface area contributed by atoms with E-state index in [9.17, 15) is 9.32 Å². The minimum absolute atomic E-state index is 0.0506. The molecule has 4 nitrogen and oxygen atoms in total. The van der Waals surface area contributed by atoms with Crippen molar-refractivity contribution in [1.29, 1.82) is 0 Å². The fraction of sp³-hybridized carbons (Fsp3) is 0.250. The van der Waals surface area contributed by atoms with Gasteiger partial charge in [-0.1, -0.05) is 42.5 Å². The van der Waals surface area contributed by atoms with Crippen LogP contribution < -0.4 is 10.2 Å². The van der Waals surface area contributed by atoms with Crippen LogP contribution in [0.3, 0.4) is 0 Å². The van der Waals surface area contributed by atoms with Gasteiger partial charge in [-0.25, -0.2) is 4.21 Å². The maximum absolute atomic E-state index is 13.1. The van der Waals surface area contributed by atoms with Crippen LogP contribution in [0.15, 0.2) is 70.5 Å². The Morgan fingerprint density at radius 3 is 2.45 bits per heavy atom. The topological polar surface area (TPSA) is 52.6 Å². The molecule has 1 aliphatic heterocycles. The summed E-state index contributed by atoms with van der Waals surface area (Å²) in [4.78, 5) is 4.05. The fourth-order valence-electron chi connectivity index (χ4n) is 3.87. The van der Waals surface area contributed by atoms with Crippen LogP contribution in [0.2, 0.25) is 0 Å². The Bertz CT molecular complexity index is 1060. The molecule has 2 N–H and O–H groups in total. The molecule has 29 heavy (non-hydrogen) atoms. The Hall–Kier alpha value is -2.47. The molecule has 4 rings (SSSR count). The van der Waals surface area contributed by atoms with Crippen LogP contribution in [-0.4, -0.2) is 22.4 Å². The van der Waals surface area contributed by atoms with Gasteiger partial charge in [0, 0.05) is 19.6 Å². The third-order valence-corrected chi connectivity index (χ3v) is 7.08. The second-order valence-corrected chi connectivity index (χ2v) is 8.76. The summed E-state index contributed by atoms with van der Waals surface area (Å²) in [6.45, 7) is 6.51. The molecule has 1 aliphatic rings. The SMILES string of the molecule is Cc1ccc2c(c1C)N(CCNCc1ccccc1CO)c1ccccc1S2=O. The lowest BCUT2D eigenvalue weighted by atomic mass is 10.1. The summed E-state index contributed by atoms with van der Waals surface area (Å²) in [7, 11) is -1.16. The highest BCUT2D eigenvalue weighted by Crippen LogP contribution is 2.44. The summed E-state index contributed by atoms with van der Waals surface area (Å²) in [5.74, 6) is 0. The maximum atomic E-state index is 13.1. The quantitative estimate of drug-likeness (QED) is 0.603. The number of aliphatic hydroxyl groups is 1. The van der Waals surface area contributed by atoms with Crippen molar-refractivity contribution in [2.75, 3.05) is 18.0 Å². The summed E-state index contributed by atoms with van der Waals surface area (Å²) in [6, 6.07) is 20.0. The van der Waals surface area contributed by atoms with Crippen LogP contribution in [-0.2, 0) is 24.0 Å². The van der Waals surface area contributed by atoms with Crippen LogP contribution in [0.25, 0.3) is 0 Å². The lowest BCUT2D eigenvalue weighted by molar-refractivity contribution is 0.280. The number of aliphatic hydroxyl groups excluding tert-OH is 1. The molecule has 0 spiro atoms. The van der Waals surface area contributed by atoms with Crippen molar-refractivity contribution < 1.29 is 9.32 Å². The monoisotopic (exact) mass is 406 g/mol. The lowest BCUT2D eigenvalue weighted by Crippen LogP contribution is -2.32. The summed E-state index contributed by atoms with van der Waals surface area (Å²) < 4.78 is 13.1. The van der Waals surface area contributed by atoms with E-state index in [1.165, 1.54) is 11.1 Å². The summed E-state index contributed by atoms with van der Waals surface area (Å²) in [5.41, 5.74) is 6.54. The molecule has 0 amide bonds. The van der Waals surface area contributed by atoms with Crippen LogP contribution in [0.1, 0.15) is 22.3 Å². The van der Waals surface area contributed by atoms with Crippen molar-refractivity contribution in [3.05, 3.63) is 82.9 Å². The summed E-state index contributed by atoms with van der Waals surface area (Å²) in [6.07, 6.45) is 0. The molecule has 3 aromatic rings. The van der Waals surface area contributed by atoms with Gasteiger partial charge in [0.2, 0.25) is 0 Å². The zero-order valence-corrected chi connectivity index (χ0v) is 17.6. The smallest absolute Gasteiger partial charge is 0.0892 e. The molecule has 150 valence electrons. The van der Waals surface area contributed by atoms with Gasteiger partial charge in [0.15, 0.2) is 0 Å². The van der Waals surface area contributed by atoms with Gasteiger partial charge >= 0.3 is 0 Å². The van der Waals surface area contributed by atoms with Crippen molar-refractivity contribution >= 4 is 22.2 Å². The number of hydrogen-bond acceptors (Lipinski definition) is 4. The number of nitrogens with zero attached hydrogens (tertiary/aromatic N) is 1.